The summed E-state index contributed by atoms with van der Waals surface area (Å²) in [7, 11) is 0. The number of piperazine rings is 1. The normalized spacial score (nSPS) is 17.3. The van der Waals surface area contributed by atoms with Gasteiger partial charge in [-0.05, 0) is 19.1 Å². The zero-order chi connectivity index (χ0) is 17.1. The predicted molar refractivity (Wildman–Crippen MR) is 84.3 cm³/mol. The van der Waals surface area contributed by atoms with E-state index in [-0.39, 0.29) is 11.8 Å². The Morgan fingerprint density at radius 3 is 2.58 bits per heavy atom. The topological polar surface area (TPSA) is 54.6 Å². The van der Waals surface area contributed by atoms with Crippen molar-refractivity contribution in [1.29, 1.82) is 0 Å². The molecule has 0 radical (unpaired) electrons. The smallest absolute Gasteiger partial charge is 0.387 e. The molecule has 1 aromatic heterocycles. The second-order valence-corrected chi connectivity index (χ2v) is 5.75. The minimum atomic E-state index is -2.81. The van der Waals surface area contributed by atoms with Crippen LogP contribution in [0.25, 0.3) is 0 Å². The third-order valence-electron chi connectivity index (χ3n) is 4.19. The van der Waals surface area contributed by atoms with Gasteiger partial charge in [-0.3, -0.25) is 4.90 Å². The van der Waals surface area contributed by atoms with Gasteiger partial charge in [0.15, 0.2) is 5.82 Å². The van der Waals surface area contributed by atoms with Crippen LogP contribution in [0.3, 0.4) is 0 Å². The Hall–Kier alpha value is -2.22. The highest BCUT2D eigenvalue weighted by Gasteiger charge is 2.25. The summed E-state index contributed by atoms with van der Waals surface area (Å²) in [6.45, 7) is 4.26. The van der Waals surface area contributed by atoms with E-state index in [4.69, 9.17) is 4.52 Å². The van der Waals surface area contributed by atoms with Crippen LogP contribution in [0.15, 0.2) is 28.8 Å². The van der Waals surface area contributed by atoms with Crippen molar-refractivity contribution in [2.24, 2.45) is 0 Å². The van der Waals surface area contributed by atoms with Crippen LogP contribution in [-0.2, 0) is 0 Å². The van der Waals surface area contributed by atoms with Crippen molar-refractivity contribution >= 4 is 5.69 Å². The molecule has 24 heavy (non-hydrogen) atoms. The van der Waals surface area contributed by atoms with E-state index in [9.17, 15) is 8.78 Å². The van der Waals surface area contributed by atoms with E-state index >= 15 is 0 Å². The van der Waals surface area contributed by atoms with E-state index in [2.05, 4.69) is 31.6 Å². The molecule has 0 amide bonds. The average Bonchev–Trinajstić information content (AvgIpc) is 3.00. The Morgan fingerprint density at radius 1 is 1.21 bits per heavy atom. The molecule has 1 aromatic carbocycles. The Morgan fingerprint density at radius 2 is 1.96 bits per heavy atom. The summed E-state index contributed by atoms with van der Waals surface area (Å²) in [5, 5.41) is 3.98. The van der Waals surface area contributed by atoms with Crippen LogP contribution in [0, 0.1) is 6.92 Å². The van der Waals surface area contributed by atoms with Crippen LogP contribution >= 0.6 is 0 Å². The molecule has 6 nitrogen and oxygen atoms in total. The van der Waals surface area contributed by atoms with E-state index in [0.717, 1.165) is 31.9 Å². The first-order chi connectivity index (χ1) is 11.5. The van der Waals surface area contributed by atoms with Crippen LogP contribution in [0.5, 0.6) is 5.75 Å². The lowest BCUT2D eigenvalue weighted by atomic mass is 10.2. The fraction of sp³-hybridized carbons (Fsp3) is 0.500. The van der Waals surface area contributed by atoms with Crippen molar-refractivity contribution in [3.8, 4) is 5.75 Å². The Bertz CT molecular complexity index is 672. The number of halogens is 2. The summed E-state index contributed by atoms with van der Waals surface area (Å²) < 4.78 is 34.2. The fourth-order valence-corrected chi connectivity index (χ4v) is 2.87. The largest absolute Gasteiger partial charge is 0.435 e. The standard InChI is InChI=1S/C16H20F2N4O2/c1-11(15-19-12(2)24-20-15)21-6-8-22(9-7-21)13-4-3-5-14(10-13)23-16(17)18/h3-5,10-11,16H,6-9H2,1-2H3. The lowest BCUT2D eigenvalue weighted by Gasteiger charge is -2.38. The monoisotopic (exact) mass is 338 g/mol. The van der Waals surface area contributed by atoms with Gasteiger partial charge in [0, 0.05) is 44.9 Å². The van der Waals surface area contributed by atoms with Crippen molar-refractivity contribution in [3.63, 3.8) is 0 Å². The highest BCUT2D eigenvalue weighted by molar-refractivity contribution is 5.51. The molecule has 1 fully saturated rings. The maximum Gasteiger partial charge on any atom is 0.387 e. The molecular weight excluding hydrogens is 318 g/mol. The molecule has 2 heterocycles. The number of nitrogens with zero attached hydrogens (tertiary/aromatic N) is 4. The lowest BCUT2D eigenvalue weighted by Crippen LogP contribution is -2.47. The maximum absolute atomic E-state index is 12.3. The summed E-state index contributed by atoms with van der Waals surface area (Å²) >= 11 is 0. The summed E-state index contributed by atoms with van der Waals surface area (Å²) in [4.78, 5) is 8.72. The molecule has 1 unspecified atom stereocenters. The zero-order valence-electron chi connectivity index (χ0n) is 13.7. The molecule has 1 aliphatic heterocycles. The number of ether oxygens (including phenoxy) is 1. The Kier molecular flexibility index (Phi) is 4.94. The second-order valence-electron chi connectivity index (χ2n) is 5.75. The quantitative estimate of drug-likeness (QED) is 0.836. The van der Waals surface area contributed by atoms with Crippen molar-refractivity contribution in [3.05, 3.63) is 36.0 Å². The van der Waals surface area contributed by atoms with Crippen molar-refractivity contribution < 1.29 is 18.0 Å². The molecule has 0 N–H and O–H groups in total. The molecule has 0 saturated carbocycles. The van der Waals surface area contributed by atoms with E-state index in [1.54, 1.807) is 19.1 Å². The van der Waals surface area contributed by atoms with Gasteiger partial charge in [-0.1, -0.05) is 11.2 Å². The van der Waals surface area contributed by atoms with Crippen molar-refractivity contribution in [2.45, 2.75) is 26.5 Å². The van der Waals surface area contributed by atoms with Gasteiger partial charge in [-0.15, -0.1) is 0 Å². The van der Waals surface area contributed by atoms with Crippen LogP contribution in [0.1, 0.15) is 24.7 Å². The van der Waals surface area contributed by atoms with E-state index in [1.807, 2.05) is 6.07 Å². The number of anilines is 1. The molecule has 0 spiro atoms. The minimum absolute atomic E-state index is 0.0816. The van der Waals surface area contributed by atoms with Gasteiger partial charge in [0.2, 0.25) is 5.89 Å². The van der Waals surface area contributed by atoms with Gasteiger partial charge < -0.3 is 14.2 Å². The highest BCUT2D eigenvalue weighted by atomic mass is 19.3. The second kappa shape index (κ2) is 7.12. The van der Waals surface area contributed by atoms with Gasteiger partial charge in [-0.25, -0.2) is 0 Å². The van der Waals surface area contributed by atoms with E-state index in [1.165, 1.54) is 6.07 Å². The van der Waals surface area contributed by atoms with Crippen LogP contribution in [0.2, 0.25) is 0 Å². The van der Waals surface area contributed by atoms with Crippen LogP contribution < -0.4 is 9.64 Å². The summed E-state index contributed by atoms with van der Waals surface area (Å²) in [6, 6.07) is 6.89. The minimum Gasteiger partial charge on any atom is -0.435 e. The Labute approximate surface area is 139 Å². The molecule has 3 rings (SSSR count). The number of hydrogen-bond acceptors (Lipinski definition) is 6. The SMILES string of the molecule is Cc1nc(C(C)N2CCN(c3cccc(OC(F)F)c3)CC2)no1. The third-order valence-corrected chi connectivity index (χ3v) is 4.19. The number of aryl methyl sites for hydroxylation is 1. The molecule has 2 aromatic rings. The molecule has 1 aliphatic rings. The average molecular weight is 338 g/mol. The van der Waals surface area contributed by atoms with Gasteiger partial charge in [-0.2, -0.15) is 13.8 Å². The third kappa shape index (κ3) is 3.81. The van der Waals surface area contributed by atoms with Gasteiger partial charge in [0.25, 0.3) is 0 Å². The first kappa shape index (κ1) is 16.6. The van der Waals surface area contributed by atoms with Crippen molar-refractivity contribution in [1.82, 2.24) is 15.0 Å². The van der Waals surface area contributed by atoms with Gasteiger partial charge in [0.05, 0.1) is 6.04 Å². The molecule has 1 atom stereocenters. The molecule has 130 valence electrons. The molecule has 0 aliphatic carbocycles. The zero-order valence-corrected chi connectivity index (χ0v) is 13.7. The highest BCUT2D eigenvalue weighted by Crippen LogP contribution is 2.25. The summed E-state index contributed by atoms with van der Waals surface area (Å²) in [5.74, 6) is 1.43. The number of aromatic nitrogens is 2. The lowest BCUT2D eigenvalue weighted by molar-refractivity contribution is -0.0498. The van der Waals surface area contributed by atoms with Crippen LogP contribution in [0.4, 0.5) is 14.5 Å². The summed E-state index contributed by atoms with van der Waals surface area (Å²) in [5.41, 5.74) is 0.885. The predicted octanol–water partition coefficient (Wildman–Crippen LogP) is 2.86. The molecule has 0 bridgehead atoms. The number of hydrogen-bond donors (Lipinski definition) is 0. The fourth-order valence-electron chi connectivity index (χ4n) is 2.87. The van der Waals surface area contributed by atoms with E-state index < -0.39 is 6.61 Å². The number of rotatable bonds is 5. The molecule has 1 saturated heterocycles. The molecule has 8 heteroatoms. The molecular formula is C16H20F2N4O2. The van der Waals surface area contributed by atoms with Gasteiger partial charge in [0.1, 0.15) is 5.75 Å². The first-order valence-corrected chi connectivity index (χ1v) is 7.87. The summed E-state index contributed by atoms with van der Waals surface area (Å²) in [6.07, 6.45) is 0. The van der Waals surface area contributed by atoms with Gasteiger partial charge >= 0.3 is 6.61 Å². The Balaban J connectivity index is 1.60. The maximum atomic E-state index is 12.3. The first-order valence-electron chi connectivity index (χ1n) is 7.87. The number of alkyl halides is 2. The van der Waals surface area contributed by atoms with Crippen molar-refractivity contribution in [2.75, 3.05) is 31.1 Å². The number of benzene rings is 1. The van der Waals surface area contributed by atoms with E-state index in [0.29, 0.717) is 11.7 Å². The van der Waals surface area contributed by atoms with Crippen LogP contribution in [-0.4, -0.2) is 47.8 Å².